The van der Waals surface area contributed by atoms with Gasteiger partial charge in [-0.2, -0.15) is 0 Å². The van der Waals surface area contributed by atoms with Crippen molar-refractivity contribution in [2.45, 2.75) is 38.8 Å². The highest BCUT2D eigenvalue weighted by Gasteiger charge is 2.25. The zero-order chi connectivity index (χ0) is 25.8. The number of nitrogens with zero attached hydrogens (tertiary/aromatic N) is 3. The van der Waals surface area contributed by atoms with Crippen LogP contribution in [0.5, 0.6) is 0 Å². The van der Waals surface area contributed by atoms with E-state index in [0.717, 1.165) is 47.4 Å². The molecule has 0 atom stereocenters. The zero-order valence-corrected chi connectivity index (χ0v) is 21.1. The van der Waals surface area contributed by atoms with Crippen LogP contribution >= 0.6 is 0 Å². The van der Waals surface area contributed by atoms with Gasteiger partial charge in [0.1, 0.15) is 11.7 Å². The second kappa shape index (κ2) is 11.0. The smallest absolute Gasteiger partial charge is 0.254 e. The van der Waals surface area contributed by atoms with Crippen molar-refractivity contribution >= 4 is 22.8 Å². The van der Waals surface area contributed by atoms with E-state index in [9.17, 15) is 4.79 Å². The topological polar surface area (TPSA) is 114 Å². The van der Waals surface area contributed by atoms with Gasteiger partial charge in [0.05, 0.1) is 11.0 Å². The van der Waals surface area contributed by atoms with Crippen LogP contribution in [0.1, 0.15) is 45.7 Å². The second-order valence-corrected chi connectivity index (χ2v) is 9.90. The Morgan fingerprint density at radius 2 is 1.70 bits per heavy atom. The summed E-state index contributed by atoms with van der Waals surface area (Å²) in [5.41, 5.74) is 17.0. The molecule has 7 nitrogen and oxygen atoms in total. The number of rotatable bonds is 11. The molecule has 1 fully saturated rings. The molecule has 1 aliphatic carbocycles. The van der Waals surface area contributed by atoms with Crippen LogP contribution in [-0.4, -0.2) is 39.3 Å². The Bertz CT molecular complexity index is 1390. The van der Waals surface area contributed by atoms with Crippen LogP contribution in [0.15, 0.2) is 72.8 Å². The third-order valence-corrected chi connectivity index (χ3v) is 7.02. The lowest BCUT2D eigenvalue weighted by Crippen LogP contribution is -2.34. The maximum Gasteiger partial charge on any atom is 0.254 e. The predicted octanol–water partition coefficient (Wildman–Crippen LogP) is 4.12. The van der Waals surface area contributed by atoms with E-state index in [1.807, 2.05) is 77.7 Å². The molecule has 7 heteroatoms. The fourth-order valence-corrected chi connectivity index (χ4v) is 4.77. The van der Waals surface area contributed by atoms with E-state index in [4.69, 9.17) is 21.9 Å². The van der Waals surface area contributed by atoms with Crippen LogP contribution in [0.2, 0.25) is 0 Å². The van der Waals surface area contributed by atoms with Crippen LogP contribution in [0, 0.1) is 11.3 Å². The molecule has 1 amide bonds. The SMILES string of the molecule is N=C(N)c1ccc(CCc2nc3cc(C(=O)N(CCN)Cc4ccccc4)ccc3n2CC2CC2)cc1. The normalized spacial score (nSPS) is 13.1. The Morgan fingerprint density at radius 1 is 0.973 bits per heavy atom. The van der Waals surface area contributed by atoms with Gasteiger partial charge in [0, 0.05) is 43.7 Å². The Morgan fingerprint density at radius 3 is 2.38 bits per heavy atom. The van der Waals surface area contributed by atoms with Gasteiger partial charge in [0.15, 0.2) is 0 Å². The molecule has 1 aromatic heterocycles. The average Bonchev–Trinajstić information content (AvgIpc) is 3.67. The Hall–Kier alpha value is -3.97. The van der Waals surface area contributed by atoms with Crippen molar-refractivity contribution < 1.29 is 4.79 Å². The molecule has 5 rings (SSSR count). The summed E-state index contributed by atoms with van der Waals surface area (Å²) in [7, 11) is 0. The van der Waals surface area contributed by atoms with E-state index in [2.05, 4.69) is 4.57 Å². The summed E-state index contributed by atoms with van der Waals surface area (Å²) < 4.78 is 2.34. The van der Waals surface area contributed by atoms with Crippen molar-refractivity contribution in [1.29, 1.82) is 5.41 Å². The molecule has 1 aliphatic rings. The third-order valence-electron chi connectivity index (χ3n) is 7.02. The summed E-state index contributed by atoms with van der Waals surface area (Å²) in [4.78, 5) is 20.3. The molecule has 0 bridgehead atoms. The minimum atomic E-state index is -0.0277. The fourth-order valence-electron chi connectivity index (χ4n) is 4.77. The monoisotopic (exact) mass is 494 g/mol. The van der Waals surface area contributed by atoms with E-state index in [1.165, 1.54) is 18.4 Å². The highest BCUT2D eigenvalue weighted by molar-refractivity contribution is 5.97. The van der Waals surface area contributed by atoms with Crippen LogP contribution < -0.4 is 11.5 Å². The number of aryl methyl sites for hydroxylation is 2. The van der Waals surface area contributed by atoms with E-state index < -0.39 is 0 Å². The van der Waals surface area contributed by atoms with Gasteiger partial charge in [-0.05, 0) is 54.5 Å². The first-order valence-electron chi connectivity index (χ1n) is 13.0. The molecule has 1 heterocycles. The van der Waals surface area contributed by atoms with E-state index >= 15 is 0 Å². The van der Waals surface area contributed by atoms with Crippen LogP contribution in [0.3, 0.4) is 0 Å². The molecular weight excluding hydrogens is 460 g/mol. The van der Waals surface area contributed by atoms with Gasteiger partial charge in [-0.15, -0.1) is 0 Å². The maximum absolute atomic E-state index is 13.5. The van der Waals surface area contributed by atoms with Crippen molar-refractivity contribution in [2.24, 2.45) is 17.4 Å². The standard InChI is InChI=1S/C30H34N6O/c31-16-17-35(19-22-4-2-1-3-5-22)30(37)25-13-14-27-26(18-25)34-28(36(27)20-23-6-7-23)15-10-21-8-11-24(12-9-21)29(32)33/h1-5,8-9,11-14,18,23H,6-7,10,15-17,19-20,31H2,(H3,32,33). The number of hydrogen-bond donors (Lipinski definition) is 3. The van der Waals surface area contributed by atoms with Gasteiger partial charge in [-0.3, -0.25) is 10.2 Å². The first-order chi connectivity index (χ1) is 18.0. The van der Waals surface area contributed by atoms with E-state index in [0.29, 0.717) is 31.1 Å². The highest BCUT2D eigenvalue weighted by atomic mass is 16.2. The summed E-state index contributed by atoms with van der Waals surface area (Å²) in [6.45, 7) is 2.40. The number of carbonyl (C=O) groups is 1. The number of carbonyl (C=O) groups excluding carboxylic acids is 1. The largest absolute Gasteiger partial charge is 0.384 e. The summed E-state index contributed by atoms with van der Waals surface area (Å²) in [6.07, 6.45) is 4.17. The lowest BCUT2D eigenvalue weighted by Gasteiger charge is -2.22. The molecule has 37 heavy (non-hydrogen) atoms. The van der Waals surface area contributed by atoms with Crippen molar-refractivity contribution in [3.63, 3.8) is 0 Å². The first-order valence-corrected chi connectivity index (χ1v) is 13.0. The maximum atomic E-state index is 13.5. The lowest BCUT2D eigenvalue weighted by molar-refractivity contribution is 0.0748. The molecule has 0 aliphatic heterocycles. The quantitative estimate of drug-likeness (QED) is 0.215. The molecule has 4 aromatic rings. The van der Waals surface area contributed by atoms with Crippen molar-refractivity contribution in [1.82, 2.24) is 14.5 Å². The number of nitrogens with two attached hydrogens (primary N) is 2. The van der Waals surface area contributed by atoms with Gasteiger partial charge < -0.3 is 20.9 Å². The van der Waals surface area contributed by atoms with Gasteiger partial charge in [0.2, 0.25) is 0 Å². The number of benzene rings is 3. The van der Waals surface area contributed by atoms with Crippen LogP contribution in [0.4, 0.5) is 0 Å². The summed E-state index contributed by atoms with van der Waals surface area (Å²) in [5.74, 6) is 1.81. The number of hydrogen-bond acceptors (Lipinski definition) is 4. The second-order valence-electron chi connectivity index (χ2n) is 9.90. The molecule has 0 unspecified atom stereocenters. The highest BCUT2D eigenvalue weighted by Crippen LogP contribution is 2.33. The third kappa shape index (κ3) is 5.89. The van der Waals surface area contributed by atoms with Gasteiger partial charge >= 0.3 is 0 Å². The fraction of sp³-hybridized carbons (Fsp3) is 0.300. The number of nitrogens with one attached hydrogen (secondary N) is 1. The minimum Gasteiger partial charge on any atom is -0.384 e. The molecule has 5 N–H and O–H groups in total. The summed E-state index contributed by atoms with van der Waals surface area (Å²) in [5, 5.41) is 7.59. The molecule has 0 saturated heterocycles. The lowest BCUT2D eigenvalue weighted by atomic mass is 10.1. The van der Waals surface area contributed by atoms with Crippen LogP contribution in [0.25, 0.3) is 11.0 Å². The molecular formula is C30H34N6O. The van der Waals surface area contributed by atoms with E-state index in [-0.39, 0.29) is 11.7 Å². The Labute approximate surface area is 217 Å². The van der Waals surface area contributed by atoms with Crippen LogP contribution in [-0.2, 0) is 25.9 Å². The molecule has 190 valence electrons. The van der Waals surface area contributed by atoms with Gasteiger partial charge in [-0.25, -0.2) is 4.98 Å². The molecule has 0 spiro atoms. The summed E-state index contributed by atoms with van der Waals surface area (Å²) >= 11 is 0. The predicted molar refractivity (Wildman–Crippen MR) is 148 cm³/mol. The number of nitrogen functional groups attached to an aromatic ring is 1. The van der Waals surface area contributed by atoms with Gasteiger partial charge in [-0.1, -0.05) is 54.6 Å². The Kier molecular flexibility index (Phi) is 7.32. The van der Waals surface area contributed by atoms with Crippen molar-refractivity contribution in [3.05, 3.63) is 101 Å². The van der Waals surface area contributed by atoms with Crippen molar-refractivity contribution in [2.75, 3.05) is 13.1 Å². The number of imidazole rings is 1. The molecule has 1 saturated carbocycles. The zero-order valence-electron chi connectivity index (χ0n) is 21.1. The number of amides is 1. The van der Waals surface area contributed by atoms with Gasteiger partial charge in [0.25, 0.3) is 5.91 Å². The number of aromatic nitrogens is 2. The molecule has 3 aromatic carbocycles. The average molecular weight is 495 g/mol. The Balaban J connectivity index is 1.39. The minimum absolute atomic E-state index is 0.0277. The summed E-state index contributed by atoms with van der Waals surface area (Å²) in [6, 6.07) is 23.7. The number of amidine groups is 1. The first kappa shape index (κ1) is 24.7. The number of fused-ring (bicyclic) bond motifs is 1. The molecule has 0 radical (unpaired) electrons. The van der Waals surface area contributed by atoms with E-state index in [1.54, 1.807) is 0 Å². The van der Waals surface area contributed by atoms with Crippen molar-refractivity contribution in [3.8, 4) is 0 Å².